The van der Waals surface area contributed by atoms with Crippen molar-refractivity contribution in [2.75, 3.05) is 13.2 Å². The van der Waals surface area contributed by atoms with Crippen LogP contribution in [0.5, 0.6) is 5.75 Å². The van der Waals surface area contributed by atoms with Gasteiger partial charge in [0, 0.05) is 17.1 Å². The third-order valence-corrected chi connectivity index (χ3v) is 3.41. The number of rotatable bonds is 7. The molecule has 1 atom stereocenters. The Morgan fingerprint density at radius 2 is 2.10 bits per heavy atom. The summed E-state index contributed by atoms with van der Waals surface area (Å²) in [5.74, 6) is 0.891. The lowest BCUT2D eigenvalue weighted by Crippen LogP contribution is -2.25. The van der Waals surface area contributed by atoms with E-state index in [1.165, 1.54) is 0 Å². The van der Waals surface area contributed by atoms with Crippen molar-refractivity contribution in [2.24, 2.45) is 0 Å². The number of hydrogen-bond acceptors (Lipinski definition) is 3. The molecular weight excluding hydrogens is 248 g/mol. The van der Waals surface area contributed by atoms with E-state index in [0.29, 0.717) is 6.04 Å². The van der Waals surface area contributed by atoms with Gasteiger partial charge in [0.15, 0.2) is 0 Å². The van der Waals surface area contributed by atoms with Crippen LogP contribution in [0.1, 0.15) is 32.4 Å². The van der Waals surface area contributed by atoms with E-state index in [2.05, 4.69) is 36.3 Å². The number of para-hydroxylation sites is 1. The topological polar surface area (TPSA) is 34.1 Å². The summed E-state index contributed by atoms with van der Waals surface area (Å²) in [7, 11) is 0. The first-order valence-corrected chi connectivity index (χ1v) is 7.43. The summed E-state index contributed by atoms with van der Waals surface area (Å²) >= 11 is 0. The minimum absolute atomic E-state index is 0.552. The van der Waals surface area contributed by atoms with Crippen molar-refractivity contribution in [3.8, 4) is 5.75 Å². The zero-order chi connectivity index (χ0) is 14.4. The van der Waals surface area contributed by atoms with Crippen LogP contribution >= 0.6 is 0 Å². The van der Waals surface area contributed by atoms with Crippen LogP contribution in [-0.2, 0) is 0 Å². The molecule has 0 radical (unpaired) electrons. The highest BCUT2D eigenvalue weighted by Crippen LogP contribution is 2.24. The molecule has 0 fully saturated rings. The van der Waals surface area contributed by atoms with E-state index in [1.54, 1.807) is 0 Å². The SMILES string of the molecule is CCNC(C)CCCOc1cccc2ccc(C)nc12. The molecule has 2 aromatic rings. The first kappa shape index (κ1) is 14.8. The number of nitrogens with zero attached hydrogens (tertiary/aromatic N) is 1. The van der Waals surface area contributed by atoms with Crippen LogP contribution in [0.2, 0.25) is 0 Å². The van der Waals surface area contributed by atoms with Crippen molar-refractivity contribution in [1.29, 1.82) is 0 Å². The van der Waals surface area contributed by atoms with Crippen molar-refractivity contribution in [1.82, 2.24) is 10.3 Å². The molecule has 0 aliphatic rings. The van der Waals surface area contributed by atoms with Crippen molar-refractivity contribution >= 4 is 10.9 Å². The first-order chi connectivity index (χ1) is 9.70. The van der Waals surface area contributed by atoms with Gasteiger partial charge < -0.3 is 10.1 Å². The van der Waals surface area contributed by atoms with E-state index < -0.39 is 0 Å². The monoisotopic (exact) mass is 272 g/mol. The standard InChI is InChI=1S/C17H24N2O/c1-4-18-13(2)7-6-12-20-16-9-5-8-15-11-10-14(3)19-17(15)16/h5,8-11,13,18H,4,6-7,12H2,1-3H3. The van der Waals surface area contributed by atoms with E-state index in [4.69, 9.17) is 4.74 Å². The third-order valence-electron chi connectivity index (χ3n) is 3.41. The summed E-state index contributed by atoms with van der Waals surface area (Å²) in [4.78, 5) is 4.58. The van der Waals surface area contributed by atoms with Gasteiger partial charge >= 0.3 is 0 Å². The smallest absolute Gasteiger partial charge is 0.145 e. The molecule has 0 spiro atoms. The van der Waals surface area contributed by atoms with Crippen LogP contribution in [0.25, 0.3) is 10.9 Å². The number of pyridine rings is 1. The van der Waals surface area contributed by atoms with Crippen LogP contribution in [0.15, 0.2) is 30.3 Å². The number of aryl methyl sites for hydroxylation is 1. The van der Waals surface area contributed by atoms with Gasteiger partial charge in [-0.15, -0.1) is 0 Å². The molecule has 1 aromatic carbocycles. The van der Waals surface area contributed by atoms with Gasteiger partial charge in [-0.1, -0.05) is 25.1 Å². The second kappa shape index (κ2) is 7.25. The van der Waals surface area contributed by atoms with Crippen molar-refractivity contribution < 1.29 is 4.74 Å². The quantitative estimate of drug-likeness (QED) is 0.780. The van der Waals surface area contributed by atoms with Gasteiger partial charge in [-0.05, 0) is 45.4 Å². The average molecular weight is 272 g/mol. The second-order valence-corrected chi connectivity index (χ2v) is 5.23. The largest absolute Gasteiger partial charge is 0.491 e. The molecule has 2 rings (SSSR count). The maximum absolute atomic E-state index is 5.91. The summed E-state index contributed by atoms with van der Waals surface area (Å²) in [6.07, 6.45) is 2.18. The predicted molar refractivity (Wildman–Crippen MR) is 84.3 cm³/mol. The van der Waals surface area contributed by atoms with Gasteiger partial charge in [0.25, 0.3) is 0 Å². The predicted octanol–water partition coefficient (Wildman–Crippen LogP) is 3.70. The van der Waals surface area contributed by atoms with Crippen LogP contribution in [0.3, 0.4) is 0 Å². The van der Waals surface area contributed by atoms with E-state index in [0.717, 1.165) is 48.3 Å². The van der Waals surface area contributed by atoms with Crippen LogP contribution in [-0.4, -0.2) is 24.2 Å². The molecule has 108 valence electrons. The van der Waals surface area contributed by atoms with Gasteiger partial charge in [-0.25, -0.2) is 4.98 Å². The molecule has 20 heavy (non-hydrogen) atoms. The molecule has 0 amide bonds. The van der Waals surface area contributed by atoms with Crippen LogP contribution < -0.4 is 10.1 Å². The van der Waals surface area contributed by atoms with Gasteiger partial charge in [0.1, 0.15) is 11.3 Å². The maximum Gasteiger partial charge on any atom is 0.145 e. The Balaban J connectivity index is 1.94. The highest BCUT2D eigenvalue weighted by Gasteiger charge is 2.04. The number of ether oxygens (including phenoxy) is 1. The van der Waals surface area contributed by atoms with E-state index in [-0.39, 0.29) is 0 Å². The van der Waals surface area contributed by atoms with Crippen molar-refractivity contribution in [3.05, 3.63) is 36.0 Å². The van der Waals surface area contributed by atoms with Gasteiger partial charge in [0.05, 0.1) is 6.61 Å². The number of fused-ring (bicyclic) bond motifs is 1. The average Bonchev–Trinajstić information content (AvgIpc) is 2.44. The normalized spacial score (nSPS) is 12.6. The Labute approximate surface area is 121 Å². The summed E-state index contributed by atoms with van der Waals surface area (Å²) in [6.45, 7) is 8.12. The highest BCUT2D eigenvalue weighted by molar-refractivity contribution is 5.84. The minimum atomic E-state index is 0.552. The minimum Gasteiger partial charge on any atom is -0.491 e. The molecule has 0 saturated heterocycles. The number of aromatic nitrogens is 1. The molecule has 0 aliphatic carbocycles. The third kappa shape index (κ3) is 3.94. The van der Waals surface area contributed by atoms with Gasteiger partial charge in [0.2, 0.25) is 0 Å². The van der Waals surface area contributed by atoms with Gasteiger partial charge in [-0.2, -0.15) is 0 Å². The molecule has 3 heteroatoms. The number of nitrogens with one attached hydrogen (secondary N) is 1. The molecule has 3 nitrogen and oxygen atoms in total. The summed E-state index contributed by atoms with van der Waals surface area (Å²) in [5.41, 5.74) is 1.99. The molecule has 0 aliphatic heterocycles. The van der Waals surface area contributed by atoms with Crippen LogP contribution in [0.4, 0.5) is 0 Å². The van der Waals surface area contributed by atoms with Gasteiger partial charge in [-0.3, -0.25) is 0 Å². The Hall–Kier alpha value is -1.61. The summed E-state index contributed by atoms with van der Waals surface area (Å²) in [6, 6.07) is 10.8. The van der Waals surface area contributed by atoms with Crippen LogP contribution in [0, 0.1) is 6.92 Å². The molecule has 1 N–H and O–H groups in total. The van der Waals surface area contributed by atoms with Crippen molar-refractivity contribution in [3.63, 3.8) is 0 Å². The molecule has 1 unspecified atom stereocenters. The summed E-state index contributed by atoms with van der Waals surface area (Å²) < 4.78 is 5.91. The fourth-order valence-electron chi connectivity index (χ4n) is 2.36. The Morgan fingerprint density at radius 1 is 1.25 bits per heavy atom. The molecule has 1 aromatic heterocycles. The zero-order valence-corrected chi connectivity index (χ0v) is 12.6. The number of hydrogen-bond donors (Lipinski definition) is 1. The molecule has 0 saturated carbocycles. The lowest BCUT2D eigenvalue weighted by molar-refractivity contribution is 0.301. The van der Waals surface area contributed by atoms with E-state index >= 15 is 0 Å². The fraction of sp³-hybridized carbons (Fsp3) is 0.471. The lowest BCUT2D eigenvalue weighted by Gasteiger charge is -2.13. The second-order valence-electron chi connectivity index (χ2n) is 5.23. The molecule has 0 bridgehead atoms. The Morgan fingerprint density at radius 3 is 2.90 bits per heavy atom. The van der Waals surface area contributed by atoms with E-state index in [9.17, 15) is 0 Å². The lowest BCUT2D eigenvalue weighted by atomic mass is 10.2. The molecule has 1 heterocycles. The fourth-order valence-corrected chi connectivity index (χ4v) is 2.36. The zero-order valence-electron chi connectivity index (χ0n) is 12.6. The van der Waals surface area contributed by atoms with Crippen molar-refractivity contribution in [2.45, 2.75) is 39.7 Å². The molecular formula is C17H24N2O. The first-order valence-electron chi connectivity index (χ1n) is 7.43. The number of benzene rings is 1. The highest BCUT2D eigenvalue weighted by atomic mass is 16.5. The Kier molecular flexibility index (Phi) is 5.36. The van der Waals surface area contributed by atoms with E-state index in [1.807, 2.05) is 25.1 Å². The summed E-state index contributed by atoms with van der Waals surface area (Å²) in [5, 5.41) is 4.55. The Bertz CT molecular complexity index is 554. The maximum atomic E-state index is 5.91.